The number of morpholine rings is 1. The van der Waals surface area contributed by atoms with Crippen molar-refractivity contribution in [1.29, 1.82) is 0 Å². The highest BCUT2D eigenvalue weighted by Gasteiger charge is 2.34. The number of alkyl halides is 3. The third-order valence-electron chi connectivity index (χ3n) is 7.06. The van der Waals surface area contributed by atoms with Crippen LogP contribution in [0.3, 0.4) is 0 Å². The SMILES string of the molecule is CC1CN(Cc2nc(Nc3ccc(S(=O)(=O)C(C)C)cc3)c3ccc(-c4ncccc4C(F)(F)F)cc3n2)CC(C)O1. The molecule has 2 aromatic heterocycles. The first kappa shape index (κ1) is 29.9. The number of rotatable bonds is 7. The Kier molecular flexibility index (Phi) is 8.23. The number of nitrogens with one attached hydrogen (secondary N) is 1. The zero-order chi connectivity index (χ0) is 30.2. The molecule has 8 nitrogen and oxygen atoms in total. The van der Waals surface area contributed by atoms with Crippen molar-refractivity contribution in [3.63, 3.8) is 0 Å². The van der Waals surface area contributed by atoms with E-state index in [4.69, 9.17) is 14.7 Å². The van der Waals surface area contributed by atoms with Gasteiger partial charge in [0.15, 0.2) is 9.84 Å². The van der Waals surface area contributed by atoms with Gasteiger partial charge in [-0.15, -0.1) is 0 Å². The van der Waals surface area contributed by atoms with Crippen LogP contribution < -0.4 is 5.32 Å². The van der Waals surface area contributed by atoms with Gasteiger partial charge in [0.05, 0.1) is 45.7 Å². The van der Waals surface area contributed by atoms with Gasteiger partial charge in [-0.25, -0.2) is 18.4 Å². The van der Waals surface area contributed by atoms with Gasteiger partial charge >= 0.3 is 6.18 Å². The van der Waals surface area contributed by atoms with Crippen LogP contribution in [0.15, 0.2) is 65.7 Å². The fourth-order valence-corrected chi connectivity index (χ4v) is 6.17. The number of fused-ring (bicyclic) bond motifs is 1. The lowest BCUT2D eigenvalue weighted by Crippen LogP contribution is -2.45. The van der Waals surface area contributed by atoms with E-state index in [9.17, 15) is 21.6 Å². The molecule has 1 fully saturated rings. The summed E-state index contributed by atoms with van der Waals surface area (Å²) in [7, 11) is -3.43. The Morgan fingerprint density at radius 2 is 1.71 bits per heavy atom. The van der Waals surface area contributed by atoms with Crippen LogP contribution in [0.1, 0.15) is 39.1 Å². The van der Waals surface area contributed by atoms with Crippen LogP contribution in [0.25, 0.3) is 22.2 Å². The third kappa shape index (κ3) is 6.40. The number of sulfone groups is 1. The number of aromatic nitrogens is 3. The summed E-state index contributed by atoms with van der Waals surface area (Å²) >= 11 is 0. The molecule has 1 aliphatic heterocycles. The minimum atomic E-state index is -4.57. The lowest BCUT2D eigenvalue weighted by Gasteiger charge is -2.34. The molecule has 42 heavy (non-hydrogen) atoms. The molecular weight excluding hydrogens is 567 g/mol. The Balaban J connectivity index is 1.57. The number of hydrogen-bond acceptors (Lipinski definition) is 8. The van der Waals surface area contributed by atoms with Gasteiger partial charge in [0, 0.05) is 35.9 Å². The van der Waals surface area contributed by atoms with Crippen molar-refractivity contribution in [3.8, 4) is 11.3 Å². The molecule has 0 aliphatic carbocycles. The van der Waals surface area contributed by atoms with Crippen LogP contribution in [0.2, 0.25) is 0 Å². The molecule has 0 spiro atoms. The van der Waals surface area contributed by atoms with Gasteiger partial charge in [-0.2, -0.15) is 13.2 Å². The van der Waals surface area contributed by atoms with Crippen molar-refractivity contribution in [2.45, 2.75) is 62.8 Å². The van der Waals surface area contributed by atoms with E-state index in [0.29, 0.717) is 47.9 Å². The number of pyridine rings is 1. The van der Waals surface area contributed by atoms with Gasteiger partial charge in [-0.3, -0.25) is 9.88 Å². The van der Waals surface area contributed by atoms with Crippen LogP contribution in [0, 0.1) is 0 Å². The number of hydrogen-bond donors (Lipinski definition) is 1. The number of nitrogens with zero attached hydrogens (tertiary/aromatic N) is 4. The average Bonchev–Trinajstić information content (AvgIpc) is 2.92. The second-order valence-corrected chi connectivity index (χ2v) is 13.3. The maximum Gasteiger partial charge on any atom is 0.418 e. The summed E-state index contributed by atoms with van der Waals surface area (Å²) in [4.78, 5) is 16.0. The maximum absolute atomic E-state index is 13.8. The van der Waals surface area contributed by atoms with Crippen molar-refractivity contribution >= 4 is 32.2 Å². The Morgan fingerprint density at radius 3 is 2.36 bits per heavy atom. The predicted octanol–water partition coefficient (Wildman–Crippen LogP) is 6.25. The first-order valence-corrected chi connectivity index (χ1v) is 15.2. The van der Waals surface area contributed by atoms with Crippen molar-refractivity contribution in [3.05, 3.63) is 72.2 Å². The minimum absolute atomic E-state index is 0.0315. The minimum Gasteiger partial charge on any atom is -0.373 e. The summed E-state index contributed by atoms with van der Waals surface area (Å²) in [6.07, 6.45) is -3.18. The number of anilines is 2. The summed E-state index contributed by atoms with van der Waals surface area (Å²) in [6.45, 7) is 9.03. The van der Waals surface area contributed by atoms with Crippen LogP contribution in [-0.2, 0) is 27.3 Å². The van der Waals surface area contributed by atoms with E-state index in [1.165, 1.54) is 24.4 Å². The molecule has 2 atom stereocenters. The van der Waals surface area contributed by atoms with Gasteiger partial charge in [-0.05, 0) is 76.2 Å². The Bertz CT molecular complexity index is 1690. The molecule has 5 rings (SSSR count). The van der Waals surface area contributed by atoms with Gasteiger partial charge < -0.3 is 10.1 Å². The van der Waals surface area contributed by atoms with E-state index < -0.39 is 26.8 Å². The summed E-state index contributed by atoms with van der Waals surface area (Å²) < 4.78 is 72.2. The zero-order valence-corrected chi connectivity index (χ0v) is 24.5. The fraction of sp³-hybridized carbons (Fsp3) is 0.367. The summed E-state index contributed by atoms with van der Waals surface area (Å²) in [6, 6.07) is 13.5. The summed E-state index contributed by atoms with van der Waals surface area (Å²) in [5.41, 5.74) is 0.324. The summed E-state index contributed by atoms with van der Waals surface area (Å²) in [5, 5.41) is 3.30. The van der Waals surface area contributed by atoms with Crippen LogP contribution >= 0.6 is 0 Å². The van der Waals surface area contributed by atoms with E-state index >= 15 is 0 Å². The predicted molar refractivity (Wildman–Crippen MR) is 155 cm³/mol. The molecular formula is C30H32F3N5O3S. The number of benzene rings is 2. The van der Waals surface area contributed by atoms with Gasteiger partial charge in [0.25, 0.3) is 0 Å². The molecule has 12 heteroatoms. The molecule has 1 N–H and O–H groups in total. The topological polar surface area (TPSA) is 97.3 Å². The monoisotopic (exact) mass is 599 g/mol. The molecule has 3 heterocycles. The fourth-order valence-electron chi connectivity index (χ4n) is 5.11. The zero-order valence-electron chi connectivity index (χ0n) is 23.7. The van der Waals surface area contributed by atoms with E-state index in [2.05, 4.69) is 15.2 Å². The van der Waals surface area contributed by atoms with Gasteiger partial charge in [0.2, 0.25) is 0 Å². The normalized spacial score (nSPS) is 18.5. The van der Waals surface area contributed by atoms with Crippen LogP contribution in [-0.4, -0.2) is 58.8 Å². The molecule has 4 aromatic rings. The molecule has 2 unspecified atom stereocenters. The van der Waals surface area contributed by atoms with Crippen LogP contribution in [0.5, 0.6) is 0 Å². The van der Waals surface area contributed by atoms with Crippen molar-refractivity contribution < 1.29 is 26.3 Å². The largest absolute Gasteiger partial charge is 0.418 e. The van der Waals surface area contributed by atoms with Gasteiger partial charge in [-0.1, -0.05) is 6.07 Å². The highest BCUT2D eigenvalue weighted by atomic mass is 32.2. The third-order valence-corrected chi connectivity index (χ3v) is 9.23. The lowest BCUT2D eigenvalue weighted by molar-refractivity contribution is -0.137. The second-order valence-electron chi connectivity index (χ2n) is 10.8. The lowest BCUT2D eigenvalue weighted by atomic mass is 10.0. The average molecular weight is 600 g/mol. The molecule has 222 valence electrons. The molecule has 0 radical (unpaired) electrons. The Hall–Kier alpha value is -3.61. The molecule has 1 saturated heterocycles. The second kappa shape index (κ2) is 11.6. The maximum atomic E-state index is 13.8. The molecule has 0 amide bonds. The van der Waals surface area contributed by atoms with E-state index in [1.807, 2.05) is 13.8 Å². The van der Waals surface area contributed by atoms with E-state index in [-0.39, 0.29) is 28.4 Å². The number of ether oxygens (including phenoxy) is 1. The standard InChI is InChI=1S/C30H32F3N5O3S/c1-18(2)42(39,40)23-10-8-22(9-11-23)35-29-24-12-7-21(28-25(30(31,32)33)6-5-13-34-28)14-26(24)36-27(37-29)17-38-15-19(3)41-20(4)16-38/h5-14,18-20H,15-17H2,1-4H3,(H,35,36,37). The van der Waals surface area contributed by atoms with Crippen molar-refractivity contribution in [2.24, 2.45) is 0 Å². The highest BCUT2D eigenvalue weighted by Crippen LogP contribution is 2.37. The molecule has 2 aromatic carbocycles. The molecule has 0 saturated carbocycles. The smallest absolute Gasteiger partial charge is 0.373 e. The Labute approximate surface area is 242 Å². The number of halogens is 3. The Morgan fingerprint density at radius 1 is 1.02 bits per heavy atom. The molecule has 1 aliphatic rings. The van der Waals surface area contributed by atoms with E-state index in [0.717, 1.165) is 6.07 Å². The van der Waals surface area contributed by atoms with E-state index in [1.54, 1.807) is 44.2 Å². The quantitative estimate of drug-likeness (QED) is 0.267. The first-order valence-electron chi connectivity index (χ1n) is 13.6. The first-order chi connectivity index (χ1) is 19.8. The van der Waals surface area contributed by atoms with Crippen molar-refractivity contribution in [2.75, 3.05) is 18.4 Å². The van der Waals surface area contributed by atoms with Crippen molar-refractivity contribution in [1.82, 2.24) is 19.9 Å². The molecule has 0 bridgehead atoms. The highest BCUT2D eigenvalue weighted by molar-refractivity contribution is 7.92. The van der Waals surface area contributed by atoms with Gasteiger partial charge in [0.1, 0.15) is 11.6 Å². The summed E-state index contributed by atoms with van der Waals surface area (Å²) in [5.74, 6) is 0.937. The van der Waals surface area contributed by atoms with Crippen LogP contribution in [0.4, 0.5) is 24.7 Å².